The predicted octanol–water partition coefficient (Wildman–Crippen LogP) is -0.316. The van der Waals surface area contributed by atoms with E-state index >= 15 is 0 Å². The Morgan fingerprint density at radius 1 is 1.54 bits per heavy atom. The monoisotopic (exact) mass is 184 g/mol. The summed E-state index contributed by atoms with van der Waals surface area (Å²) in [6.07, 6.45) is 0.750. The van der Waals surface area contributed by atoms with E-state index in [0.29, 0.717) is 12.3 Å². The highest BCUT2D eigenvalue weighted by atomic mass is 16.7. The average molecular weight is 184 g/mol. The third kappa shape index (κ3) is 2.21. The summed E-state index contributed by atoms with van der Waals surface area (Å²) < 4.78 is 0.733. The van der Waals surface area contributed by atoms with Crippen molar-refractivity contribution in [3.8, 4) is 0 Å². The van der Waals surface area contributed by atoms with Gasteiger partial charge < -0.3 is 9.82 Å². The van der Waals surface area contributed by atoms with Crippen molar-refractivity contribution < 1.29 is 4.84 Å². The molecule has 0 fully saturated rings. The zero-order chi connectivity index (χ0) is 9.84. The van der Waals surface area contributed by atoms with Crippen LogP contribution >= 0.6 is 0 Å². The second-order valence-corrected chi connectivity index (χ2v) is 2.72. The Hall–Kier alpha value is -1.52. The molecule has 1 heterocycles. The molecule has 72 valence electrons. The van der Waals surface area contributed by atoms with Crippen LogP contribution in [-0.2, 0) is 0 Å². The first-order valence-corrected chi connectivity index (χ1v) is 4.11. The van der Waals surface area contributed by atoms with Gasteiger partial charge in [0.2, 0.25) is 0 Å². The van der Waals surface area contributed by atoms with Gasteiger partial charge >= 0.3 is 5.69 Å². The number of nitrogens with zero attached hydrogens (tertiary/aromatic N) is 1. The normalized spacial score (nSPS) is 10.0. The third-order valence-corrected chi connectivity index (χ3v) is 1.45. The zero-order valence-electron chi connectivity index (χ0n) is 7.66. The minimum absolute atomic E-state index is 0.353. The second-order valence-electron chi connectivity index (χ2n) is 2.72. The second kappa shape index (κ2) is 3.93. The minimum Gasteiger partial charge on any atom is -0.406 e. The molecule has 1 N–H and O–H groups in total. The Morgan fingerprint density at radius 3 is 2.77 bits per heavy atom. The van der Waals surface area contributed by atoms with Gasteiger partial charge in [0.25, 0.3) is 5.56 Å². The summed E-state index contributed by atoms with van der Waals surface area (Å²) in [5.41, 5.74) is -0.431. The van der Waals surface area contributed by atoms with E-state index in [1.165, 1.54) is 6.07 Å². The quantitative estimate of drug-likeness (QED) is 0.700. The van der Waals surface area contributed by atoms with Crippen molar-refractivity contribution in [1.29, 1.82) is 0 Å². The van der Waals surface area contributed by atoms with Gasteiger partial charge in [-0.15, -0.1) is 0 Å². The van der Waals surface area contributed by atoms with Crippen LogP contribution in [0.15, 0.2) is 15.7 Å². The van der Waals surface area contributed by atoms with Crippen LogP contribution in [0, 0.1) is 6.92 Å². The largest absolute Gasteiger partial charge is 0.406 e. The summed E-state index contributed by atoms with van der Waals surface area (Å²) in [6.45, 7) is 3.90. The summed E-state index contributed by atoms with van der Waals surface area (Å²) in [7, 11) is 0. The van der Waals surface area contributed by atoms with Crippen LogP contribution in [0.2, 0.25) is 0 Å². The van der Waals surface area contributed by atoms with Crippen LogP contribution < -0.4 is 16.1 Å². The molecule has 0 amide bonds. The van der Waals surface area contributed by atoms with Gasteiger partial charge in [-0.3, -0.25) is 4.79 Å². The molecule has 0 saturated heterocycles. The lowest BCUT2D eigenvalue weighted by molar-refractivity contribution is 0.0916. The Kier molecular flexibility index (Phi) is 2.89. The van der Waals surface area contributed by atoms with Crippen molar-refractivity contribution in [3.05, 3.63) is 32.6 Å². The minimum atomic E-state index is -0.529. The molecule has 0 spiro atoms. The van der Waals surface area contributed by atoms with Gasteiger partial charge in [-0.25, -0.2) is 4.79 Å². The molecule has 1 rings (SSSR count). The molecular weight excluding hydrogens is 172 g/mol. The molecular formula is C8H12N2O3. The fraction of sp³-hybridized carbons (Fsp3) is 0.500. The fourth-order valence-electron chi connectivity index (χ4n) is 0.904. The van der Waals surface area contributed by atoms with Crippen molar-refractivity contribution in [3.63, 3.8) is 0 Å². The van der Waals surface area contributed by atoms with Gasteiger partial charge in [0.05, 0.1) is 0 Å². The zero-order valence-corrected chi connectivity index (χ0v) is 7.66. The average Bonchev–Trinajstić information content (AvgIpc) is 2.02. The highest BCUT2D eigenvalue weighted by Gasteiger charge is 2.01. The van der Waals surface area contributed by atoms with Crippen molar-refractivity contribution >= 4 is 0 Å². The Labute approximate surface area is 74.9 Å². The van der Waals surface area contributed by atoms with E-state index in [0.717, 1.165) is 11.2 Å². The molecule has 0 bridgehead atoms. The summed E-state index contributed by atoms with van der Waals surface area (Å²) in [4.78, 5) is 29.7. The van der Waals surface area contributed by atoms with Crippen LogP contribution in [0.5, 0.6) is 0 Å². The smallest absolute Gasteiger partial charge is 0.362 e. The number of hydrogen-bond donors (Lipinski definition) is 1. The van der Waals surface area contributed by atoms with E-state index < -0.39 is 11.2 Å². The molecule has 0 saturated carbocycles. The Bertz CT molecular complexity index is 360. The molecule has 0 aromatic carbocycles. The number of aryl methyl sites for hydroxylation is 1. The van der Waals surface area contributed by atoms with E-state index in [1.807, 2.05) is 6.92 Å². The molecule has 1 aromatic heterocycles. The van der Waals surface area contributed by atoms with Crippen molar-refractivity contribution in [1.82, 2.24) is 9.71 Å². The molecule has 0 atom stereocenters. The van der Waals surface area contributed by atoms with E-state index in [-0.39, 0.29) is 0 Å². The van der Waals surface area contributed by atoms with Gasteiger partial charge in [-0.2, -0.15) is 0 Å². The van der Waals surface area contributed by atoms with Crippen LogP contribution in [0.1, 0.15) is 19.0 Å². The molecule has 0 aliphatic carbocycles. The van der Waals surface area contributed by atoms with Crippen molar-refractivity contribution in [2.24, 2.45) is 0 Å². The molecule has 13 heavy (non-hydrogen) atoms. The highest BCUT2D eigenvalue weighted by Crippen LogP contribution is 1.78. The number of aromatic amines is 1. The third-order valence-electron chi connectivity index (χ3n) is 1.45. The fourth-order valence-corrected chi connectivity index (χ4v) is 0.904. The number of aromatic nitrogens is 2. The highest BCUT2D eigenvalue weighted by molar-refractivity contribution is 4.95. The number of hydrogen-bond acceptors (Lipinski definition) is 3. The standard InChI is InChI=1S/C8H12N2O3/c1-3-4-13-10-7(11)5-6(2)9-8(10)12/h5H,3-4H2,1-2H3,(H,9,12). The lowest BCUT2D eigenvalue weighted by atomic mass is 10.5. The predicted molar refractivity (Wildman–Crippen MR) is 47.8 cm³/mol. The Morgan fingerprint density at radius 2 is 2.23 bits per heavy atom. The SMILES string of the molecule is CCCOn1c(=O)cc(C)[nH]c1=O. The van der Waals surface area contributed by atoms with Gasteiger partial charge in [0.1, 0.15) is 6.61 Å². The van der Waals surface area contributed by atoms with Gasteiger partial charge in [0.15, 0.2) is 0 Å². The lowest BCUT2D eigenvalue weighted by Gasteiger charge is -2.04. The van der Waals surface area contributed by atoms with Gasteiger partial charge in [-0.1, -0.05) is 11.7 Å². The van der Waals surface area contributed by atoms with E-state index in [2.05, 4.69) is 4.98 Å². The van der Waals surface area contributed by atoms with Gasteiger partial charge in [0, 0.05) is 11.8 Å². The maximum atomic E-state index is 11.2. The summed E-state index contributed by atoms with van der Waals surface area (Å²) >= 11 is 0. The van der Waals surface area contributed by atoms with Crippen LogP contribution in [0.25, 0.3) is 0 Å². The van der Waals surface area contributed by atoms with Gasteiger partial charge in [-0.05, 0) is 13.3 Å². The van der Waals surface area contributed by atoms with Crippen molar-refractivity contribution in [2.45, 2.75) is 20.3 Å². The number of H-pyrrole nitrogens is 1. The van der Waals surface area contributed by atoms with Crippen LogP contribution in [-0.4, -0.2) is 16.3 Å². The first kappa shape index (κ1) is 9.57. The van der Waals surface area contributed by atoms with E-state index in [9.17, 15) is 9.59 Å². The van der Waals surface area contributed by atoms with Crippen molar-refractivity contribution in [2.75, 3.05) is 6.61 Å². The van der Waals surface area contributed by atoms with E-state index in [4.69, 9.17) is 4.84 Å². The molecule has 5 heteroatoms. The molecule has 0 aliphatic rings. The molecule has 5 nitrogen and oxygen atoms in total. The molecule has 0 unspecified atom stereocenters. The topological polar surface area (TPSA) is 64.1 Å². The molecule has 0 aliphatic heterocycles. The van der Waals surface area contributed by atoms with Crippen LogP contribution in [0.3, 0.4) is 0 Å². The maximum absolute atomic E-state index is 11.2. The molecule has 0 radical (unpaired) electrons. The number of rotatable bonds is 3. The van der Waals surface area contributed by atoms with Crippen LogP contribution in [0.4, 0.5) is 0 Å². The van der Waals surface area contributed by atoms with E-state index in [1.54, 1.807) is 6.92 Å². The lowest BCUT2D eigenvalue weighted by Crippen LogP contribution is -2.40. The maximum Gasteiger partial charge on any atom is 0.362 e. The molecule has 1 aromatic rings. The number of nitrogens with one attached hydrogen (secondary N) is 1. The summed E-state index contributed by atoms with van der Waals surface area (Å²) in [5, 5.41) is 0. The summed E-state index contributed by atoms with van der Waals surface area (Å²) in [5.74, 6) is 0. The first-order chi connectivity index (χ1) is 6.15. The first-order valence-electron chi connectivity index (χ1n) is 4.11. The Balaban J connectivity index is 3.07. The summed E-state index contributed by atoms with van der Waals surface area (Å²) in [6, 6.07) is 1.32.